The first-order chi connectivity index (χ1) is 14.2. The standard InChI is InChI=1S/C21H21N3O5/c25-20(28-14-17-13-19(29-23-17)18-7-4-12-27-18)15-8-10-24(11-9-15)21(26)22-16-5-2-1-3-6-16/h1-7,12-13,15H,8-11,14H2,(H,22,26). The molecule has 2 amide bonds. The zero-order chi connectivity index (χ0) is 20.1. The Morgan fingerprint density at radius 1 is 1.10 bits per heavy atom. The van der Waals surface area contributed by atoms with Gasteiger partial charge < -0.3 is 23.9 Å². The van der Waals surface area contributed by atoms with Gasteiger partial charge in [-0.3, -0.25) is 4.79 Å². The average Bonchev–Trinajstić information content (AvgIpc) is 3.45. The number of benzene rings is 1. The van der Waals surface area contributed by atoms with Crippen LogP contribution in [0.5, 0.6) is 0 Å². The molecule has 3 heterocycles. The van der Waals surface area contributed by atoms with Gasteiger partial charge in [-0.05, 0) is 37.1 Å². The van der Waals surface area contributed by atoms with Gasteiger partial charge in [0.05, 0.1) is 12.2 Å². The van der Waals surface area contributed by atoms with Crippen LogP contribution in [-0.4, -0.2) is 35.1 Å². The summed E-state index contributed by atoms with van der Waals surface area (Å²) < 4.78 is 15.8. The molecule has 0 saturated carbocycles. The Kier molecular flexibility index (Phi) is 5.60. The zero-order valence-corrected chi connectivity index (χ0v) is 15.7. The van der Waals surface area contributed by atoms with Crippen molar-refractivity contribution in [3.05, 3.63) is 60.5 Å². The topological polar surface area (TPSA) is 97.8 Å². The number of esters is 1. The molecular formula is C21H21N3O5. The summed E-state index contributed by atoms with van der Waals surface area (Å²) in [5.41, 5.74) is 1.27. The third-order valence-electron chi connectivity index (χ3n) is 4.83. The molecule has 29 heavy (non-hydrogen) atoms. The number of amides is 2. The number of urea groups is 1. The van der Waals surface area contributed by atoms with E-state index in [4.69, 9.17) is 13.7 Å². The number of ether oxygens (including phenoxy) is 1. The Bertz CT molecular complexity index is 944. The molecule has 1 saturated heterocycles. The van der Waals surface area contributed by atoms with Crippen molar-refractivity contribution in [2.45, 2.75) is 19.4 Å². The molecule has 1 aliphatic heterocycles. The van der Waals surface area contributed by atoms with Crippen LogP contribution in [0.4, 0.5) is 10.5 Å². The molecule has 1 aliphatic rings. The number of rotatable bonds is 5. The lowest BCUT2D eigenvalue weighted by atomic mass is 9.97. The molecule has 8 heteroatoms. The summed E-state index contributed by atoms with van der Waals surface area (Å²) >= 11 is 0. The number of para-hydroxylation sites is 1. The molecule has 1 N–H and O–H groups in total. The number of anilines is 1. The van der Waals surface area contributed by atoms with Gasteiger partial charge >= 0.3 is 12.0 Å². The second-order valence-corrected chi connectivity index (χ2v) is 6.83. The Morgan fingerprint density at radius 2 is 1.90 bits per heavy atom. The van der Waals surface area contributed by atoms with Crippen LogP contribution in [0.3, 0.4) is 0 Å². The monoisotopic (exact) mass is 395 g/mol. The summed E-state index contributed by atoms with van der Waals surface area (Å²) in [7, 11) is 0. The van der Waals surface area contributed by atoms with Gasteiger partial charge in [0, 0.05) is 24.8 Å². The van der Waals surface area contributed by atoms with Crippen molar-refractivity contribution >= 4 is 17.7 Å². The molecule has 1 fully saturated rings. The number of hydrogen-bond acceptors (Lipinski definition) is 6. The smallest absolute Gasteiger partial charge is 0.321 e. The van der Waals surface area contributed by atoms with E-state index in [-0.39, 0.29) is 24.5 Å². The van der Waals surface area contributed by atoms with E-state index in [0.29, 0.717) is 43.1 Å². The van der Waals surface area contributed by atoms with Crippen LogP contribution in [-0.2, 0) is 16.1 Å². The van der Waals surface area contributed by atoms with Crippen LogP contribution in [0.2, 0.25) is 0 Å². The van der Waals surface area contributed by atoms with Gasteiger partial charge in [-0.15, -0.1) is 0 Å². The van der Waals surface area contributed by atoms with E-state index < -0.39 is 0 Å². The van der Waals surface area contributed by atoms with Gasteiger partial charge in [-0.1, -0.05) is 23.4 Å². The van der Waals surface area contributed by atoms with Gasteiger partial charge in [-0.2, -0.15) is 0 Å². The van der Waals surface area contributed by atoms with E-state index in [1.54, 1.807) is 29.4 Å². The van der Waals surface area contributed by atoms with E-state index in [9.17, 15) is 9.59 Å². The fraction of sp³-hybridized carbons (Fsp3) is 0.286. The van der Waals surface area contributed by atoms with Crippen molar-refractivity contribution in [2.24, 2.45) is 5.92 Å². The Balaban J connectivity index is 1.22. The molecule has 0 radical (unpaired) electrons. The van der Waals surface area contributed by atoms with Crippen LogP contribution < -0.4 is 5.32 Å². The Hall–Kier alpha value is -3.55. The van der Waals surface area contributed by atoms with Crippen LogP contribution in [0.15, 0.2) is 63.7 Å². The highest BCUT2D eigenvalue weighted by molar-refractivity contribution is 5.89. The first-order valence-corrected chi connectivity index (χ1v) is 9.46. The lowest BCUT2D eigenvalue weighted by Gasteiger charge is -2.30. The van der Waals surface area contributed by atoms with Crippen molar-refractivity contribution < 1.29 is 23.3 Å². The number of carbonyl (C=O) groups is 2. The number of aromatic nitrogens is 1. The lowest BCUT2D eigenvalue weighted by molar-refractivity contribution is -0.151. The maximum Gasteiger partial charge on any atom is 0.321 e. The van der Waals surface area contributed by atoms with E-state index in [1.165, 1.54) is 0 Å². The molecule has 8 nitrogen and oxygen atoms in total. The highest BCUT2D eigenvalue weighted by atomic mass is 16.5. The summed E-state index contributed by atoms with van der Waals surface area (Å²) in [6.45, 7) is 1.05. The number of hydrogen-bond donors (Lipinski definition) is 1. The van der Waals surface area contributed by atoms with Crippen molar-refractivity contribution in [2.75, 3.05) is 18.4 Å². The third kappa shape index (κ3) is 4.66. The zero-order valence-electron chi connectivity index (χ0n) is 15.7. The average molecular weight is 395 g/mol. The normalized spacial score (nSPS) is 14.6. The van der Waals surface area contributed by atoms with Gasteiger partial charge in [-0.25, -0.2) is 4.79 Å². The first kappa shape index (κ1) is 18.8. The summed E-state index contributed by atoms with van der Waals surface area (Å²) in [5, 5.41) is 6.75. The van der Waals surface area contributed by atoms with E-state index in [0.717, 1.165) is 5.69 Å². The number of carbonyl (C=O) groups excluding carboxylic acids is 2. The molecule has 1 aromatic carbocycles. The maximum absolute atomic E-state index is 12.4. The number of furan rings is 1. The molecule has 0 aliphatic carbocycles. The number of nitrogens with one attached hydrogen (secondary N) is 1. The largest absolute Gasteiger partial charge is 0.461 e. The van der Waals surface area contributed by atoms with E-state index in [1.807, 2.05) is 30.3 Å². The van der Waals surface area contributed by atoms with Gasteiger partial charge in [0.2, 0.25) is 5.76 Å². The molecule has 2 aromatic heterocycles. The fourth-order valence-corrected chi connectivity index (χ4v) is 3.22. The summed E-state index contributed by atoms with van der Waals surface area (Å²) in [5.74, 6) is 0.540. The van der Waals surface area contributed by atoms with E-state index in [2.05, 4.69) is 10.5 Å². The number of piperidine rings is 1. The molecule has 0 bridgehead atoms. The van der Waals surface area contributed by atoms with Crippen LogP contribution in [0.25, 0.3) is 11.5 Å². The van der Waals surface area contributed by atoms with Crippen LogP contribution in [0, 0.1) is 5.92 Å². The van der Waals surface area contributed by atoms with Gasteiger partial charge in [0.1, 0.15) is 12.3 Å². The second-order valence-electron chi connectivity index (χ2n) is 6.83. The van der Waals surface area contributed by atoms with Crippen molar-refractivity contribution in [3.63, 3.8) is 0 Å². The van der Waals surface area contributed by atoms with Crippen molar-refractivity contribution in [3.8, 4) is 11.5 Å². The SMILES string of the molecule is O=C(OCc1cc(-c2ccco2)on1)C1CCN(C(=O)Nc2ccccc2)CC1. The van der Waals surface area contributed by atoms with Crippen LogP contribution in [0.1, 0.15) is 18.5 Å². The second kappa shape index (κ2) is 8.64. The molecule has 3 aromatic rings. The predicted molar refractivity (Wildman–Crippen MR) is 104 cm³/mol. The van der Waals surface area contributed by atoms with Crippen LogP contribution >= 0.6 is 0 Å². The summed E-state index contributed by atoms with van der Waals surface area (Å²) in [6, 6.07) is 14.3. The summed E-state index contributed by atoms with van der Waals surface area (Å²) in [4.78, 5) is 26.4. The molecule has 0 atom stereocenters. The number of nitrogens with zero attached hydrogens (tertiary/aromatic N) is 2. The van der Waals surface area contributed by atoms with Gasteiger partial charge in [0.15, 0.2) is 5.76 Å². The van der Waals surface area contributed by atoms with Crippen molar-refractivity contribution in [1.82, 2.24) is 10.1 Å². The molecular weight excluding hydrogens is 374 g/mol. The van der Waals surface area contributed by atoms with E-state index >= 15 is 0 Å². The highest BCUT2D eigenvalue weighted by Crippen LogP contribution is 2.23. The molecule has 0 unspecified atom stereocenters. The van der Waals surface area contributed by atoms with Crippen molar-refractivity contribution in [1.29, 1.82) is 0 Å². The lowest BCUT2D eigenvalue weighted by Crippen LogP contribution is -2.42. The maximum atomic E-state index is 12.4. The quantitative estimate of drug-likeness (QED) is 0.658. The molecule has 4 rings (SSSR count). The highest BCUT2D eigenvalue weighted by Gasteiger charge is 2.28. The predicted octanol–water partition coefficient (Wildman–Crippen LogP) is 3.92. The third-order valence-corrected chi connectivity index (χ3v) is 4.83. The molecule has 150 valence electrons. The Morgan fingerprint density at radius 3 is 2.62 bits per heavy atom. The summed E-state index contributed by atoms with van der Waals surface area (Å²) in [6.07, 6.45) is 2.68. The van der Waals surface area contributed by atoms with Gasteiger partial charge in [0.25, 0.3) is 0 Å². The fourth-order valence-electron chi connectivity index (χ4n) is 3.22. The molecule has 0 spiro atoms. The minimum atomic E-state index is -0.282. The number of likely N-dealkylation sites (tertiary alicyclic amines) is 1. The minimum Gasteiger partial charge on any atom is -0.461 e. The minimum absolute atomic E-state index is 0.0394. The Labute approximate surface area is 167 Å². The first-order valence-electron chi connectivity index (χ1n) is 9.46.